The zero-order chi connectivity index (χ0) is 10.0. The molecule has 0 saturated heterocycles. The molecule has 0 fully saturated rings. The molecule has 0 N–H and O–H groups in total. The maximum atomic E-state index is 13.2. The van der Waals surface area contributed by atoms with Gasteiger partial charge in [0.2, 0.25) is 0 Å². The molecule has 0 aromatic heterocycles. The molecule has 0 unspecified atom stereocenters. The number of benzene rings is 1. The Labute approximate surface area is 77.6 Å². The molecular weight excluding hydrogens is 170 g/mol. The molecule has 1 aromatic rings. The maximum Gasteiger partial charge on any atom is 0.129 e. The zero-order valence-corrected chi connectivity index (χ0v) is 8.12. The fraction of sp³-hybridized carbons (Fsp3) is 0.364. The van der Waals surface area contributed by atoms with Crippen LogP contribution in [-0.4, -0.2) is 0 Å². The van der Waals surface area contributed by atoms with Crippen molar-refractivity contribution in [3.05, 3.63) is 40.8 Å². The molecule has 0 atom stereocenters. The molecule has 0 amide bonds. The summed E-state index contributed by atoms with van der Waals surface area (Å²) < 4.78 is 26.4. The minimum Gasteiger partial charge on any atom is -0.207 e. The average Bonchev–Trinajstić information content (AvgIpc) is 1.96. The topological polar surface area (TPSA) is 0 Å². The van der Waals surface area contributed by atoms with Crippen LogP contribution in [0.5, 0.6) is 0 Å². The number of hydrogen-bond donors (Lipinski definition) is 0. The molecule has 0 saturated carbocycles. The summed E-state index contributed by atoms with van der Waals surface area (Å²) in [7, 11) is 0. The Morgan fingerprint density at radius 2 is 1.62 bits per heavy atom. The zero-order valence-electron chi connectivity index (χ0n) is 8.12. The van der Waals surface area contributed by atoms with E-state index in [2.05, 4.69) is 0 Å². The van der Waals surface area contributed by atoms with E-state index < -0.39 is 11.6 Å². The number of hydrogen-bond acceptors (Lipinski definition) is 0. The lowest BCUT2D eigenvalue weighted by Crippen LogP contribution is -2.00. The second-order valence-electron chi connectivity index (χ2n) is 3.59. The third kappa shape index (κ3) is 2.51. The summed E-state index contributed by atoms with van der Waals surface area (Å²) in [4.78, 5) is 0. The fourth-order valence-electron chi connectivity index (χ4n) is 1.25. The Hall–Kier alpha value is -0.920. The number of rotatable bonds is 2. The van der Waals surface area contributed by atoms with E-state index in [9.17, 15) is 8.78 Å². The molecule has 2 heteroatoms. The highest BCUT2D eigenvalue weighted by molar-refractivity contribution is 5.27. The monoisotopic (exact) mass is 183 g/mol. The molecule has 0 spiro atoms. The van der Waals surface area contributed by atoms with Gasteiger partial charge in [-0.1, -0.05) is 13.8 Å². The van der Waals surface area contributed by atoms with Crippen LogP contribution in [0.15, 0.2) is 12.1 Å². The first-order valence-electron chi connectivity index (χ1n) is 4.24. The highest BCUT2D eigenvalue weighted by atomic mass is 19.1. The highest BCUT2D eigenvalue weighted by Crippen LogP contribution is 2.18. The normalized spacial score (nSPS) is 10.9. The smallest absolute Gasteiger partial charge is 0.129 e. The van der Waals surface area contributed by atoms with Crippen molar-refractivity contribution in [2.24, 2.45) is 0 Å². The van der Waals surface area contributed by atoms with Crippen molar-refractivity contribution in [1.29, 1.82) is 0 Å². The summed E-state index contributed by atoms with van der Waals surface area (Å²) >= 11 is 0. The van der Waals surface area contributed by atoms with Crippen molar-refractivity contribution in [3.8, 4) is 0 Å². The second kappa shape index (κ2) is 3.86. The van der Waals surface area contributed by atoms with Gasteiger partial charge in [0.05, 0.1) is 0 Å². The molecule has 1 rings (SSSR count). The van der Waals surface area contributed by atoms with Crippen molar-refractivity contribution in [2.45, 2.75) is 27.2 Å². The molecule has 0 aliphatic heterocycles. The number of aryl methyl sites for hydroxylation is 1. The van der Waals surface area contributed by atoms with E-state index in [0.29, 0.717) is 12.0 Å². The van der Waals surface area contributed by atoms with Crippen molar-refractivity contribution in [3.63, 3.8) is 0 Å². The minimum absolute atomic E-state index is 0.172. The summed E-state index contributed by atoms with van der Waals surface area (Å²) in [5.74, 6) is 0.110. The van der Waals surface area contributed by atoms with Crippen LogP contribution in [-0.2, 0) is 6.42 Å². The Balaban J connectivity index is 3.06. The largest absolute Gasteiger partial charge is 0.207 e. The van der Waals surface area contributed by atoms with Gasteiger partial charge >= 0.3 is 0 Å². The lowest BCUT2D eigenvalue weighted by Gasteiger charge is -2.07. The molecule has 0 bridgehead atoms. The molecule has 0 nitrogen and oxygen atoms in total. The number of halogens is 2. The van der Waals surface area contributed by atoms with E-state index in [0.717, 1.165) is 5.92 Å². The first-order valence-corrected chi connectivity index (χ1v) is 4.24. The third-order valence-electron chi connectivity index (χ3n) is 1.82. The van der Waals surface area contributed by atoms with Crippen LogP contribution in [0.3, 0.4) is 0 Å². The van der Waals surface area contributed by atoms with Gasteiger partial charge in [-0.05, 0) is 37.0 Å². The quantitative estimate of drug-likeness (QED) is 0.659. The second-order valence-corrected chi connectivity index (χ2v) is 3.59. The van der Waals surface area contributed by atoms with E-state index in [1.165, 1.54) is 12.1 Å². The van der Waals surface area contributed by atoms with Crippen LogP contribution in [0.4, 0.5) is 8.78 Å². The van der Waals surface area contributed by atoms with Crippen molar-refractivity contribution in [1.82, 2.24) is 0 Å². The van der Waals surface area contributed by atoms with Crippen molar-refractivity contribution < 1.29 is 8.78 Å². The van der Waals surface area contributed by atoms with E-state index in [-0.39, 0.29) is 5.56 Å². The first-order chi connectivity index (χ1) is 6.00. The summed E-state index contributed by atoms with van der Waals surface area (Å²) in [5, 5.41) is 0. The fourth-order valence-corrected chi connectivity index (χ4v) is 1.25. The van der Waals surface area contributed by atoms with Crippen LogP contribution in [0.1, 0.15) is 25.0 Å². The first kappa shape index (κ1) is 10.2. The van der Waals surface area contributed by atoms with Gasteiger partial charge < -0.3 is 0 Å². The van der Waals surface area contributed by atoms with Gasteiger partial charge in [-0.2, -0.15) is 0 Å². The Morgan fingerprint density at radius 1 is 1.15 bits per heavy atom. The van der Waals surface area contributed by atoms with Crippen LogP contribution < -0.4 is 0 Å². The maximum absolute atomic E-state index is 13.2. The van der Waals surface area contributed by atoms with Crippen molar-refractivity contribution in [2.75, 3.05) is 0 Å². The summed E-state index contributed by atoms with van der Waals surface area (Å²) in [6.45, 7) is 5.40. The van der Waals surface area contributed by atoms with E-state index >= 15 is 0 Å². The van der Waals surface area contributed by atoms with E-state index in [4.69, 9.17) is 0 Å². The molecule has 0 aliphatic carbocycles. The van der Waals surface area contributed by atoms with Crippen LogP contribution in [0, 0.1) is 24.5 Å². The predicted molar refractivity (Wildman–Crippen MR) is 49.4 cm³/mol. The van der Waals surface area contributed by atoms with E-state index in [1.54, 1.807) is 6.92 Å². The standard InChI is InChI=1S/C11H13F2/c1-7(2)4-9-10(12)5-8(3)6-11(9)13/h5-6H,4H2,1-3H3. The van der Waals surface area contributed by atoms with Crippen LogP contribution in [0.25, 0.3) is 0 Å². The Kier molecular flexibility index (Phi) is 3.02. The van der Waals surface area contributed by atoms with Gasteiger partial charge in [-0.3, -0.25) is 0 Å². The molecule has 0 aliphatic rings. The molecular formula is C11H13F2. The van der Waals surface area contributed by atoms with Crippen LogP contribution >= 0.6 is 0 Å². The minimum atomic E-state index is -0.446. The SMILES string of the molecule is C[C](C)Cc1c(F)cc(C)cc1F. The van der Waals surface area contributed by atoms with Gasteiger partial charge in [0, 0.05) is 5.56 Å². The third-order valence-corrected chi connectivity index (χ3v) is 1.82. The van der Waals surface area contributed by atoms with Crippen LogP contribution in [0.2, 0.25) is 0 Å². The molecule has 71 valence electrons. The molecule has 13 heavy (non-hydrogen) atoms. The van der Waals surface area contributed by atoms with Gasteiger partial charge in [-0.25, -0.2) is 8.78 Å². The summed E-state index contributed by atoms with van der Waals surface area (Å²) in [5.41, 5.74) is 0.790. The van der Waals surface area contributed by atoms with Gasteiger partial charge in [0.1, 0.15) is 11.6 Å². The Morgan fingerprint density at radius 3 is 2.00 bits per heavy atom. The molecule has 1 radical (unpaired) electrons. The lowest BCUT2D eigenvalue weighted by atomic mass is 10.0. The predicted octanol–water partition coefficient (Wildman–Crippen LogP) is 3.43. The van der Waals surface area contributed by atoms with E-state index in [1.807, 2.05) is 13.8 Å². The van der Waals surface area contributed by atoms with Gasteiger partial charge in [0.25, 0.3) is 0 Å². The average molecular weight is 183 g/mol. The summed E-state index contributed by atoms with van der Waals surface area (Å²) in [6, 6.07) is 2.72. The molecule has 1 aromatic carbocycles. The lowest BCUT2D eigenvalue weighted by molar-refractivity contribution is 0.554. The van der Waals surface area contributed by atoms with Gasteiger partial charge in [0.15, 0.2) is 0 Å². The summed E-state index contributed by atoms with van der Waals surface area (Å²) in [6.07, 6.45) is 0.373. The van der Waals surface area contributed by atoms with Gasteiger partial charge in [-0.15, -0.1) is 0 Å². The van der Waals surface area contributed by atoms with Crippen molar-refractivity contribution >= 4 is 0 Å². The Bertz CT molecular complexity index is 280. The highest BCUT2D eigenvalue weighted by Gasteiger charge is 2.11. The molecule has 0 heterocycles.